The van der Waals surface area contributed by atoms with E-state index in [-0.39, 0.29) is 5.43 Å². The summed E-state index contributed by atoms with van der Waals surface area (Å²) in [6.45, 7) is 6.65. The number of hydrogen-bond donors (Lipinski definition) is 0. The van der Waals surface area contributed by atoms with Gasteiger partial charge in [0.1, 0.15) is 0 Å². The Morgan fingerprint density at radius 2 is 1.55 bits per heavy atom. The summed E-state index contributed by atoms with van der Waals surface area (Å²) in [6.07, 6.45) is 18.6. The first-order chi connectivity index (χ1) is 19.3. The number of nitrogens with zero attached hydrogens (tertiary/aromatic N) is 2. The van der Waals surface area contributed by atoms with E-state index >= 15 is 0 Å². The van der Waals surface area contributed by atoms with Crippen molar-refractivity contribution in [1.82, 2.24) is 4.68 Å². The van der Waals surface area contributed by atoms with Crippen LogP contribution in [-0.4, -0.2) is 28.7 Å². The van der Waals surface area contributed by atoms with Crippen molar-refractivity contribution >= 4 is 10.8 Å². The molecular formula is C35H48N2O2S. The molecule has 0 spiro atoms. The molecule has 1 unspecified atom stereocenters. The number of unbranched alkanes of at least 4 members (excludes halogenated alkanes) is 6. The zero-order valence-electron chi connectivity index (χ0n) is 25.2. The third kappa shape index (κ3) is 9.33. The smallest absolute Gasteiger partial charge is 0.197 e. The molecule has 0 N–H and O–H groups in total. The Hall–Kier alpha value is -2.92. The molecule has 3 aromatic rings. The predicted molar refractivity (Wildman–Crippen MR) is 173 cm³/mol. The van der Waals surface area contributed by atoms with Gasteiger partial charge in [0.05, 0.1) is 10.8 Å². The number of rotatable bonds is 16. The third-order valence-corrected chi connectivity index (χ3v) is 8.63. The molecule has 0 radical (unpaired) electrons. The van der Waals surface area contributed by atoms with Gasteiger partial charge in [0.2, 0.25) is 0 Å². The number of allylic oxidation sites excluding steroid dienone is 2. The molecule has 0 aliphatic carbocycles. The fourth-order valence-electron chi connectivity index (χ4n) is 4.95. The summed E-state index contributed by atoms with van der Waals surface area (Å²) >= 11 is 0. The van der Waals surface area contributed by atoms with Gasteiger partial charge in [-0.1, -0.05) is 94.7 Å². The standard InChI is InChI=1S/C35H48N2O2S/c1-6-7-8-9-10-11-12-13-14-17-23-40(39)34-22-16-15-21-31(34)33-27-37(36(4)5)26-32(35(33)38)30-20-18-19-29(25-30)24-28(2)3/h11-12,15-16,18-22,25-28H,6-10,13-14,17,23-24H2,1-5H3. The Morgan fingerprint density at radius 3 is 2.25 bits per heavy atom. The third-order valence-electron chi connectivity index (χ3n) is 7.12. The summed E-state index contributed by atoms with van der Waals surface area (Å²) in [5.74, 6) is 1.13. The van der Waals surface area contributed by atoms with Gasteiger partial charge in [0.15, 0.2) is 5.43 Å². The fourth-order valence-corrected chi connectivity index (χ4v) is 6.29. The number of benzene rings is 2. The first-order valence-electron chi connectivity index (χ1n) is 15.0. The van der Waals surface area contributed by atoms with Crippen LogP contribution in [0.4, 0.5) is 0 Å². The van der Waals surface area contributed by atoms with Crippen LogP contribution >= 0.6 is 0 Å². The Balaban J connectivity index is 1.81. The molecule has 0 fully saturated rings. The van der Waals surface area contributed by atoms with Crippen LogP contribution in [0.15, 0.2) is 82.8 Å². The maximum Gasteiger partial charge on any atom is 0.197 e. The van der Waals surface area contributed by atoms with E-state index in [0.29, 0.717) is 22.8 Å². The number of pyridine rings is 1. The fraction of sp³-hybridized carbons (Fsp3) is 0.457. The van der Waals surface area contributed by atoms with Crippen molar-refractivity contribution in [3.8, 4) is 22.3 Å². The van der Waals surface area contributed by atoms with Gasteiger partial charge in [-0.25, -0.2) is 0 Å². The molecule has 40 heavy (non-hydrogen) atoms. The predicted octanol–water partition coefficient (Wildman–Crippen LogP) is 8.38. The largest absolute Gasteiger partial charge is 0.319 e. The summed E-state index contributed by atoms with van der Waals surface area (Å²) < 4.78 is 15.4. The molecule has 4 nitrogen and oxygen atoms in total. The molecule has 5 heteroatoms. The average Bonchev–Trinajstić information content (AvgIpc) is 2.93. The van der Waals surface area contributed by atoms with E-state index < -0.39 is 10.8 Å². The van der Waals surface area contributed by atoms with E-state index in [1.165, 1.54) is 31.2 Å². The molecule has 1 aromatic heterocycles. The SMILES string of the molecule is CCCCCCC=CCCCCS(=O)c1ccccc1-c1cn(N(C)C)cc(-c2cccc(CC(C)C)c2)c1=O. The van der Waals surface area contributed by atoms with Crippen LogP contribution < -0.4 is 10.4 Å². The molecule has 2 aromatic carbocycles. The molecule has 0 amide bonds. The van der Waals surface area contributed by atoms with Gasteiger partial charge in [-0.2, -0.15) is 0 Å². The molecular weight excluding hydrogens is 512 g/mol. The van der Waals surface area contributed by atoms with Crippen molar-refractivity contribution in [1.29, 1.82) is 0 Å². The minimum atomic E-state index is -1.18. The van der Waals surface area contributed by atoms with Gasteiger partial charge >= 0.3 is 0 Å². The lowest BCUT2D eigenvalue weighted by Crippen LogP contribution is -2.27. The van der Waals surface area contributed by atoms with Crippen molar-refractivity contribution in [2.75, 3.05) is 24.9 Å². The molecule has 216 valence electrons. The van der Waals surface area contributed by atoms with Crippen LogP contribution in [0.5, 0.6) is 0 Å². The van der Waals surface area contributed by atoms with Gasteiger partial charge in [0, 0.05) is 53.8 Å². The van der Waals surface area contributed by atoms with Crippen LogP contribution in [0.3, 0.4) is 0 Å². The molecule has 1 heterocycles. The van der Waals surface area contributed by atoms with Gasteiger partial charge in [-0.05, 0) is 61.6 Å². The Labute approximate surface area is 244 Å². The zero-order chi connectivity index (χ0) is 28.9. The lowest BCUT2D eigenvalue weighted by atomic mass is 9.97. The molecule has 1 atom stereocenters. The van der Waals surface area contributed by atoms with Crippen LogP contribution in [-0.2, 0) is 17.2 Å². The van der Waals surface area contributed by atoms with E-state index in [9.17, 15) is 9.00 Å². The van der Waals surface area contributed by atoms with E-state index in [1.54, 1.807) is 0 Å². The molecule has 0 saturated heterocycles. The molecule has 0 aliphatic rings. The summed E-state index contributed by atoms with van der Waals surface area (Å²) in [6, 6.07) is 16.0. The van der Waals surface area contributed by atoms with Crippen molar-refractivity contribution in [3.63, 3.8) is 0 Å². The van der Waals surface area contributed by atoms with E-state index in [2.05, 4.69) is 45.1 Å². The highest BCUT2D eigenvalue weighted by Gasteiger charge is 2.18. The first kappa shape index (κ1) is 31.6. The second-order valence-corrected chi connectivity index (χ2v) is 12.8. The van der Waals surface area contributed by atoms with Gasteiger partial charge < -0.3 is 5.01 Å². The van der Waals surface area contributed by atoms with Gasteiger partial charge in [-0.15, -0.1) is 0 Å². The van der Waals surface area contributed by atoms with Crippen molar-refractivity contribution in [2.45, 2.75) is 83.5 Å². The second-order valence-electron chi connectivity index (χ2n) is 11.3. The summed E-state index contributed by atoms with van der Waals surface area (Å²) in [5.41, 5.74) is 4.09. The summed E-state index contributed by atoms with van der Waals surface area (Å²) in [5, 5.41) is 1.95. The normalized spacial score (nSPS) is 12.3. The summed E-state index contributed by atoms with van der Waals surface area (Å²) in [7, 11) is 2.73. The van der Waals surface area contributed by atoms with E-state index in [4.69, 9.17) is 0 Å². The average molecular weight is 561 g/mol. The van der Waals surface area contributed by atoms with Crippen molar-refractivity contribution in [3.05, 3.63) is 88.9 Å². The summed E-state index contributed by atoms with van der Waals surface area (Å²) in [4.78, 5) is 14.7. The highest BCUT2D eigenvalue weighted by atomic mass is 32.2. The minimum Gasteiger partial charge on any atom is -0.319 e. The zero-order valence-corrected chi connectivity index (χ0v) is 26.0. The Morgan fingerprint density at radius 1 is 0.850 bits per heavy atom. The number of hydrogen-bond acceptors (Lipinski definition) is 3. The van der Waals surface area contributed by atoms with Crippen LogP contribution in [0.25, 0.3) is 22.3 Å². The molecule has 3 rings (SSSR count). The second kappa shape index (κ2) is 16.4. The molecule has 0 aliphatic heterocycles. The molecule has 0 saturated carbocycles. The maximum absolute atomic E-state index is 14.0. The number of aromatic nitrogens is 1. The highest BCUT2D eigenvalue weighted by Crippen LogP contribution is 2.27. The van der Waals surface area contributed by atoms with Crippen molar-refractivity contribution in [2.24, 2.45) is 5.92 Å². The highest BCUT2D eigenvalue weighted by molar-refractivity contribution is 7.85. The lowest BCUT2D eigenvalue weighted by molar-refractivity contribution is 0.647. The van der Waals surface area contributed by atoms with Gasteiger partial charge in [0.25, 0.3) is 0 Å². The molecule has 0 bridgehead atoms. The quantitative estimate of drug-likeness (QED) is 0.131. The monoisotopic (exact) mass is 560 g/mol. The van der Waals surface area contributed by atoms with Crippen molar-refractivity contribution < 1.29 is 4.21 Å². The van der Waals surface area contributed by atoms with Crippen LogP contribution in [0, 0.1) is 5.92 Å². The van der Waals surface area contributed by atoms with E-state index in [1.807, 2.05) is 72.6 Å². The minimum absolute atomic E-state index is 0.0340. The first-order valence-corrected chi connectivity index (χ1v) is 16.3. The lowest BCUT2D eigenvalue weighted by Gasteiger charge is -2.20. The van der Waals surface area contributed by atoms with Crippen LogP contribution in [0.2, 0.25) is 0 Å². The Bertz CT molecular complexity index is 1320. The topological polar surface area (TPSA) is 42.3 Å². The van der Waals surface area contributed by atoms with Gasteiger partial charge in [-0.3, -0.25) is 13.7 Å². The van der Waals surface area contributed by atoms with E-state index in [0.717, 1.165) is 48.1 Å². The maximum atomic E-state index is 14.0. The van der Waals surface area contributed by atoms with Crippen LogP contribution in [0.1, 0.15) is 77.7 Å². The Kier molecular flexibility index (Phi) is 12.9.